The molecule has 2 aromatic carbocycles. The summed E-state index contributed by atoms with van der Waals surface area (Å²) < 4.78 is 24.2. The number of hydrogen-bond acceptors (Lipinski definition) is 5. The van der Waals surface area contributed by atoms with Crippen molar-refractivity contribution in [2.24, 2.45) is 0 Å². The van der Waals surface area contributed by atoms with Crippen LogP contribution < -0.4 is 10.1 Å². The fraction of sp³-hybridized carbons (Fsp3) is 0.250. The highest BCUT2D eigenvalue weighted by atomic mass is 19.1. The minimum Gasteiger partial charge on any atom is -0.482 e. The number of aryl methyl sites for hydroxylation is 2. The molecule has 0 spiro atoms. The van der Waals surface area contributed by atoms with Crippen molar-refractivity contribution < 1.29 is 28.2 Å². The number of anilines is 1. The SMILES string of the molecule is CC(=O)Nc1ccc(C(=O)COC(=O)COc2cc(C)ccc2C)c(F)c1. The molecule has 27 heavy (non-hydrogen) atoms. The molecule has 0 aliphatic carbocycles. The first-order chi connectivity index (χ1) is 12.8. The van der Waals surface area contributed by atoms with E-state index < -0.39 is 24.2 Å². The molecule has 6 nitrogen and oxygen atoms in total. The predicted molar refractivity (Wildman–Crippen MR) is 97.4 cm³/mol. The van der Waals surface area contributed by atoms with Crippen LogP contribution in [0, 0.1) is 19.7 Å². The van der Waals surface area contributed by atoms with Crippen LogP contribution in [0.3, 0.4) is 0 Å². The Morgan fingerprint density at radius 1 is 1.04 bits per heavy atom. The third-order valence-corrected chi connectivity index (χ3v) is 3.64. The number of halogens is 1. The number of esters is 1. The average molecular weight is 373 g/mol. The fourth-order valence-corrected chi connectivity index (χ4v) is 2.29. The Hall–Kier alpha value is -3.22. The molecule has 7 heteroatoms. The Morgan fingerprint density at radius 3 is 2.44 bits per heavy atom. The minimum absolute atomic E-state index is 0.229. The van der Waals surface area contributed by atoms with Crippen molar-refractivity contribution in [1.29, 1.82) is 0 Å². The molecule has 0 unspecified atom stereocenters. The van der Waals surface area contributed by atoms with E-state index in [9.17, 15) is 18.8 Å². The molecule has 0 atom stereocenters. The summed E-state index contributed by atoms with van der Waals surface area (Å²) in [4.78, 5) is 34.8. The summed E-state index contributed by atoms with van der Waals surface area (Å²) in [6.07, 6.45) is 0. The van der Waals surface area contributed by atoms with Gasteiger partial charge in [-0.2, -0.15) is 0 Å². The third kappa shape index (κ3) is 5.91. The zero-order valence-electron chi connectivity index (χ0n) is 15.3. The molecule has 0 fully saturated rings. The van der Waals surface area contributed by atoms with Crippen molar-refractivity contribution in [3.05, 3.63) is 58.9 Å². The molecular weight excluding hydrogens is 353 g/mol. The fourth-order valence-electron chi connectivity index (χ4n) is 2.29. The van der Waals surface area contributed by atoms with Crippen LogP contribution >= 0.6 is 0 Å². The standard InChI is InChI=1S/C20H20FNO5/c1-12-4-5-13(2)19(8-12)26-11-20(25)27-10-18(24)16-7-6-15(9-17(16)21)22-14(3)23/h4-9H,10-11H2,1-3H3,(H,22,23). The topological polar surface area (TPSA) is 81.7 Å². The molecule has 2 aromatic rings. The number of ether oxygens (including phenoxy) is 2. The lowest BCUT2D eigenvalue weighted by molar-refractivity contribution is -0.144. The maximum atomic E-state index is 14.0. The van der Waals surface area contributed by atoms with Gasteiger partial charge in [0.05, 0.1) is 5.56 Å². The molecule has 142 valence electrons. The molecule has 0 aliphatic heterocycles. The highest BCUT2D eigenvalue weighted by Gasteiger charge is 2.15. The maximum Gasteiger partial charge on any atom is 0.344 e. The van der Waals surface area contributed by atoms with Gasteiger partial charge in [-0.25, -0.2) is 9.18 Å². The molecule has 2 rings (SSSR count). The van der Waals surface area contributed by atoms with Gasteiger partial charge in [0.25, 0.3) is 0 Å². The van der Waals surface area contributed by atoms with Gasteiger partial charge >= 0.3 is 5.97 Å². The third-order valence-electron chi connectivity index (χ3n) is 3.64. The Bertz CT molecular complexity index is 879. The van der Waals surface area contributed by atoms with Gasteiger partial charge < -0.3 is 14.8 Å². The molecule has 0 aliphatic rings. The Kier molecular flexibility index (Phi) is 6.65. The molecule has 0 saturated carbocycles. The Labute approximate surface area is 156 Å². The summed E-state index contributed by atoms with van der Waals surface area (Å²) in [7, 11) is 0. The number of nitrogens with one attached hydrogen (secondary N) is 1. The zero-order valence-corrected chi connectivity index (χ0v) is 15.3. The highest BCUT2D eigenvalue weighted by Crippen LogP contribution is 2.19. The van der Waals surface area contributed by atoms with E-state index in [1.54, 1.807) is 6.07 Å². The number of carbonyl (C=O) groups is 3. The smallest absolute Gasteiger partial charge is 0.344 e. The Morgan fingerprint density at radius 2 is 1.78 bits per heavy atom. The van der Waals surface area contributed by atoms with Crippen molar-refractivity contribution >= 4 is 23.3 Å². The van der Waals surface area contributed by atoms with E-state index >= 15 is 0 Å². The molecule has 1 N–H and O–H groups in total. The first-order valence-corrected chi connectivity index (χ1v) is 8.22. The van der Waals surface area contributed by atoms with Crippen LogP contribution in [0.15, 0.2) is 36.4 Å². The van der Waals surface area contributed by atoms with Crippen LogP contribution in [-0.2, 0) is 14.3 Å². The quantitative estimate of drug-likeness (QED) is 0.595. The number of Topliss-reactive ketones (excluding diaryl/α,β-unsaturated/α-hetero) is 1. The van der Waals surface area contributed by atoms with Crippen molar-refractivity contribution in [2.45, 2.75) is 20.8 Å². The minimum atomic E-state index is -0.811. The summed E-state index contributed by atoms with van der Waals surface area (Å²) in [5.41, 5.74) is 1.85. The van der Waals surface area contributed by atoms with Crippen LogP contribution in [-0.4, -0.2) is 30.9 Å². The number of benzene rings is 2. The van der Waals surface area contributed by atoms with E-state index in [1.165, 1.54) is 19.1 Å². The molecule has 0 saturated heterocycles. The zero-order chi connectivity index (χ0) is 20.0. The largest absolute Gasteiger partial charge is 0.482 e. The lowest BCUT2D eigenvalue weighted by Crippen LogP contribution is -2.20. The van der Waals surface area contributed by atoms with Crippen molar-refractivity contribution in [3.8, 4) is 5.75 Å². The first-order valence-electron chi connectivity index (χ1n) is 8.22. The van der Waals surface area contributed by atoms with Crippen molar-refractivity contribution in [3.63, 3.8) is 0 Å². The van der Waals surface area contributed by atoms with Crippen molar-refractivity contribution in [2.75, 3.05) is 18.5 Å². The molecule has 0 heterocycles. The van der Waals surface area contributed by atoms with Crippen LogP contribution in [0.1, 0.15) is 28.4 Å². The maximum absolute atomic E-state index is 14.0. The van der Waals surface area contributed by atoms with E-state index in [0.717, 1.165) is 17.2 Å². The van der Waals surface area contributed by atoms with Crippen molar-refractivity contribution in [1.82, 2.24) is 0 Å². The highest BCUT2D eigenvalue weighted by molar-refractivity contribution is 5.99. The summed E-state index contributed by atoms with van der Waals surface area (Å²) in [6, 6.07) is 9.23. The Balaban J connectivity index is 1.88. The molecule has 0 bridgehead atoms. The van der Waals surface area contributed by atoms with E-state index in [0.29, 0.717) is 5.75 Å². The molecule has 0 aromatic heterocycles. The van der Waals surface area contributed by atoms with E-state index in [-0.39, 0.29) is 23.8 Å². The number of rotatable bonds is 7. The van der Waals surface area contributed by atoms with Crippen LogP contribution in [0.25, 0.3) is 0 Å². The van der Waals surface area contributed by atoms with E-state index in [4.69, 9.17) is 9.47 Å². The van der Waals surface area contributed by atoms with Gasteiger partial charge in [0.1, 0.15) is 11.6 Å². The van der Waals surface area contributed by atoms with Gasteiger partial charge in [0.15, 0.2) is 13.2 Å². The second-order valence-corrected chi connectivity index (χ2v) is 6.02. The van der Waals surface area contributed by atoms with Gasteiger partial charge in [-0.15, -0.1) is 0 Å². The van der Waals surface area contributed by atoms with Gasteiger partial charge in [0.2, 0.25) is 11.7 Å². The number of carbonyl (C=O) groups excluding carboxylic acids is 3. The van der Waals surface area contributed by atoms with Gasteiger partial charge in [-0.3, -0.25) is 9.59 Å². The van der Waals surface area contributed by atoms with Crippen LogP contribution in [0.2, 0.25) is 0 Å². The molecule has 1 amide bonds. The normalized spacial score (nSPS) is 10.2. The lowest BCUT2D eigenvalue weighted by Gasteiger charge is -2.10. The first kappa shape index (κ1) is 20.1. The summed E-state index contributed by atoms with van der Waals surface area (Å²) >= 11 is 0. The van der Waals surface area contributed by atoms with E-state index in [2.05, 4.69) is 5.32 Å². The predicted octanol–water partition coefficient (Wildman–Crippen LogP) is 3.21. The average Bonchev–Trinajstić information content (AvgIpc) is 2.60. The summed E-state index contributed by atoms with van der Waals surface area (Å²) in [5, 5.41) is 2.41. The second kappa shape index (κ2) is 8.93. The van der Waals surface area contributed by atoms with Gasteiger partial charge in [-0.1, -0.05) is 12.1 Å². The monoisotopic (exact) mass is 373 g/mol. The number of amides is 1. The van der Waals surface area contributed by atoms with Gasteiger partial charge in [-0.05, 0) is 49.2 Å². The van der Waals surface area contributed by atoms with Gasteiger partial charge in [0, 0.05) is 12.6 Å². The lowest BCUT2D eigenvalue weighted by atomic mass is 10.1. The summed E-state index contributed by atoms with van der Waals surface area (Å²) in [5.74, 6) is -2.04. The van der Waals surface area contributed by atoms with E-state index in [1.807, 2.05) is 26.0 Å². The second-order valence-electron chi connectivity index (χ2n) is 6.02. The van der Waals surface area contributed by atoms with Crippen LogP contribution in [0.4, 0.5) is 10.1 Å². The molecular formula is C20H20FNO5. The summed E-state index contributed by atoms with van der Waals surface area (Å²) in [6.45, 7) is 4.07. The molecule has 0 radical (unpaired) electrons. The number of ketones is 1. The number of hydrogen-bond donors (Lipinski definition) is 1. The van der Waals surface area contributed by atoms with Crippen LogP contribution in [0.5, 0.6) is 5.75 Å².